The summed E-state index contributed by atoms with van der Waals surface area (Å²) in [6.07, 6.45) is 2.91. The Kier molecular flexibility index (Phi) is 6.44. The standard InChI is InChI=1S/C12H19N3O6/c16-9(14-4-2-1-3-5-14)6-13-12(21)15(7-10(17)18)8-11(19)20/h1-8H2,(H,13,21)(H,17,18)(H,19,20). The molecule has 0 saturated carbocycles. The Bertz CT molecular complexity index is 403. The Balaban J connectivity index is 2.46. The highest BCUT2D eigenvalue weighted by atomic mass is 16.4. The van der Waals surface area contributed by atoms with E-state index in [0.29, 0.717) is 18.0 Å². The fourth-order valence-electron chi connectivity index (χ4n) is 2.04. The van der Waals surface area contributed by atoms with Crippen LogP contribution < -0.4 is 5.32 Å². The highest BCUT2D eigenvalue weighted by molar-refractivity contribution is 5.87. The molecule has 9 nitrogen and oxygen atoms in total. The Morgan fingerprint density at radius 3 is 1.95 bits per heavy atom. The first kappa shape index (κ1) is 16.7. The number of piperidine rings is 1. The third-order valence-electron chi connectivity index (χ3n) is 3.04. The first-order valence-corrected chi connectivity index (χ1v) is 6.64. The number of carboxylic acid groups (broad SMARTS) is 2. The lowest BCUT2D eigenvalue weighted by Gasteiger charge is -2.27. The van der Waals surface area contributed by atoms with Crippen LogP contribution in [0.5, 0.6) is 0 Å². The van der Waals surface area contributed by atoms with Crippen molar-refractivity contribution in [3.63, 3.8) is 0 Å². The summed E-state index contributed by atoms with van der Waals surface area (Å²) in [5.41, 5.74) is 0. The van der Waals surface area contributed by atoms with E-state index in [9.17, 15) is 19.2 Å². The molecule has 0 aromatic heterocycles. The summed E-state index contributed by atoms with van der Waals surface area (Å²) in [5.74, 6) is -2.91. The van der Waals surface area contributed by atoms with Crippen LogP contribution in [0.1, 0.15) is 19.3 Å². The molecule has 1 rings (SSSR count). The first-order chi connectivity index (χ1) is 9.90. The van der Waals surface area contributed by atoms with Crippen molar-refractivity contribution in [3.8, 4) is 0 Å². The molecule has 21 heavy (non-hydrogen) atoms. The molecular weight excluding hydrogens is 282 g/mol. The number of nitrogens with zero attached hydrogens (tertiary/aromatic N) is 2. The Morgan fingerprint density at radius 1 is 0.952 bits per heavy atom. The zero-order chi connectivity index (χ0) is 15.8. The summed E-state index contributed by atoms with van der Waals surface area (Å²) in [4.78, 5) is 47.0. The highest BCUT2D eigenvalue weighted by Crippen LogP contribution is 2.08. The van der Waals surface area contributed by atoms with Crippen molar-refractivity contribution in [3.05, 3.63) is 0 Å². The summed E-state index contributed by atoms with van der Waals surface area (Å²) in [6.45, 7) is -0.466. The second-order valence-corrected chi connectivity index (χ2v) is 4.74. The van der Waals surface area contributed by atoms with Crippen molar-refractivity contribution in [1.29, 1.82) is 0 Å². The molecule has 3 amide bonds. The summed E-state index contributed by atoms with van der Waals surface area (Å²) in [7, 11) is 0. The molecule has 1 saturated heterocycles. The fourth-order valence-corrected chi connectivity index (χ4v) is 2.04. The molecule has 0 unspecified atom stereocenters. The normalized spacial score (nSPS) is 14.4. The van der Waals surface area contributed by atoms with E-state index in [-0.39, 0.29) is 12.5 Å². The first-order valence-electron chi connectivity index (χ1n) is 6.64. The molecule has 0 aromatic rings. The molecule has 0 radical (unpaired) electrons. The number of nitrogens with one attached hydrogen (secondary N) is 1. The molecule has 3 N–H and O–H groups in total. The number of carbonyl (C=O) groups is 4. The van der Waals surface area contributed by atoms with Crippen molar-refractivity contribution in [2.75, 3.05) is 32.7 Å². The van der Waals surface area contributed by atoms with E-state index in [1.165, 1.54) is 0 Å². The molecule has 0 atom stereocenters. The minimum absolute atomic E-state index is 0.256. The second-order valence-electron chi connectivity index (χ2n) is 4.74. The summed E-state index contributed by atoms with van der Waals surface area (Å²) in [6, 6.07) is -0.884. The predicted molar refractivity (Wildman–Crippen MR) is 70.7 cm³/mol. The lowest BCUT2D eigenvalue weighted by molar-refractivity contribution is -0.140. The number of rotatable bonds is 6. The lowest BCUT2D eigenvalue weighted by atomic mass is 10.1. The van der Waals surface area contributed by atoms with Gasteiger partial charge in [-0.1, -0.05) is 0 Å². The van der Waals surface area contributed by atoms with E-state index in [1.807, 2.05) is 0 Å². The van der Waals surface area contributed by atoms with Gasteiger partial charge in [0.2, 0.25) is 5.91 Å². The van der Waals surface area contributed by atoms with Crippen LogP contribution in [0.15, 0.2) is 0 Å². The van der Waals surface area contributed by atoms with Gasteiger partial charge in [-0.2, -0.15) is 0 Å². The van der Waals surface area contributed by atoms with Crippen molar-refractivity contribution in [2.24, 2.45) is 0 Å². The largest absolute Gasteiger partial charge is 0.480 e. The fraction of sp³-hybridized carbons (Fsp3) is 0.667. The van der Waals surface area contributed by atoms with Crippen LogP contribution in [0.3, 0.4) is 0 Å². The molecule has 0 aromatic carbocycles. The number of likely N-dealkylation sites (tertiary alicyclic amines) is 1. The maximum absolute atomic E-state index is 11.8. The van der Waals surface area contributed by atoms with Gasteiger partial charge in [0.1, 0.15) is 13.1 Å². The lowest BCUT2D eigenvalue weighted by Crippen LogP contribution is -2.49. The minimum Gasteiger partial charge on any atom is -0.480 e. The third-order valence-corrected chi connectivity index (χ3v) is 3.04. The Morgan fingerprint density at radius 2 is 1.48 bits per heavy atom. The number of amides is 3. The number of hydrogen-bond donors (Lipinski definition) is 3. The van der Waals surface area contributed by atoms with Gasteiger partial charge < -0.3 is 25.3 Å². The zero-order valence-corrected chi connectivity index (χ0v) is 11.6. The summed E-state index contributed by atoms with van der Waals surface area (Å²) in [5, 5.41) is 19.5. The molecule has 1 heterocycles. The van der Waals surface area contributed by atoms with Gasteiger partial charge in [0.25, 0.3) is 0 Å². The van der Waals surface area contributed by atoms with E-state index < -0.39 is 31.1 Å². The van der Waals surface area contributed by atoms with Gasteiger partial charge in [0.05, 0.1) is 6.54 Å². The predicted octanol–water partition coefficient (Wildman–Crippen LogP) is -0.820. The van der Waals surface area contributed by atoms with Gasteiger partial charge in [0, 0.05) is 13.1 Å². The molecule has 1 aliphatic heterocycles. The van der Waals surface area contributed by atoms with Crippen molar-refractivity contribution in [2.45, 2.75) is 19.3 Å². The monoisotopic (exact) mass is 301 g/mol. The van der Waals surface area contributed by atoms with Crippen LogP contribution in [-0.4, -0.2) is 76.6 Å². The maximum Gasteiger partial charge on any atom is 0.323 e. The van der Waals surface area contributed by atoms with E-state index >= 15 is 0 Å². The number of carbonyl (C=O) groups excluding carboxylic acids is 2. The topological polar surface area (TPSA) is 127 Å². The number of carboxylic acids is 2. The van der Waals surface area contributed by atoms with E-state index in [0.717, 1.165) is 19.3 Å². The molecule has 1 aliphatic rings. The average Bonchev–Trinajstić information content (AvgIpc) is 2.43. The van der Waals surface area contributed by atoms with Gasteiger partial charge in [-0.05, 0) is 19.3 Å². The highest BCUT2D eigenvalue weighted by Gasteiger charge is 2.22. The number of hydrogen-bond acceptors (Lipinski definition) is 4. The van der Waals surface area contributed by atoms with Gasteiger partial charge in [0.15, 0.2) is 0 Å². The van der Waals surface area contributed by atoms with Crippen LogP contribution >= 0.6 is 0 Å². The molecule has 0 aliphatic carbocycles. The molecular formula is C12H19N3O6. The number of aliphatic carboxylic acids is 2. The van der Waals surface area contributed by atoms with Crippen molar-refractivity contribution < 1.29 is 29.4 Å². The summed E-state index contributed by atoms with van der Waals surface area (Å²) >= 11 is 0. The molecule has 1 fully saturated rings. The molecule has 118 valence electrons. The average molecular weight is 301 g/mol. The van der Waals surface area contributed by atoms with E-state index in [2.05, 4.69) is 5.32 Å². The maximum atomic E-state index is 11.8. The van der Waals surface area contributed by atoms with E-state index in [4.69, 9.17) is 10.2 Å². The molecule has 0 bridgehead atoms. The Labute approximate surface area is 121 Å². The van der Waals surface area contributed by atoms with Crippen LogP contribution in [-0.2, 0) is 14.4 Å². The van der Waals surface area contributed by atoms with Gasteiger partial charge in [-0.25, -0.2) is 4.79 Å². The van der Waals surface area contributed by atoms with Crippen LogP contribution in [0.2, 0.25) is 0 Å². The second kappa shape index (κ2) is 8.08. The van der Waals surface area contributed by atoms with E-state index in [1.54, 1.807) is 4.90 Å². The molecule has 9 heteroatoms. The smallest absolute Gasteiger partial charge is 0.323 e. The third kappa shape index (κ3) is 6.11. The Hall–Kier alpha value is -2.32. The van der Waals surface area contributed by atoms with Gasteiger partial charge in [-0.3, -0.25) is 14.4 Å². The number of urea groups is 1. The van der Waals surface area contributed by atoms with Crippen LogP contribution in [0.25, 0.3) is 0 Å². The quantitative estimate of drug-likeness (QED) is 0.588. The van der Waals surface area contributed by atoms with Crippen molar-refractivity contribution >= 4 is 23.9 Å². The molecule has 0 spiro atoms. The van der Waals surface area contributed by atoms with Gasteiger partial charge in [-0.15, -0.1) is 0 Å². The summed E-state index contributed by atoms with van der Waals surface area (Å²) < 4.78 is 0. The van der Waals surface area contributed by atoms with Crippen LogP contribution in [0, 0.1) is 0 Å². The minimum atomic E-state index is -1.33. The van der Waals surface area contributed by atoms with Crippen molar-refractivity contribution in [1.82, 2.24) is 15.1 Å². The zero-order valence-electron chi connectivity index (χ0n) is 11.6. The van der Waals surface area contributed by atoms with Gasteiger partial charge >= 0.3 is 18.0 Å². The SMILES string of the molecule is O=C(O)CN(CC(=O)O)C(=O)NCC(=O)N1CCCCC1. The van der Waals surface area contributed by atoms with Crippen LogP contribution in [0.4, 0.5) is 4.79 Å².